The number of nitrogens with zero attached hydrogens (tertiary/aromatic N) is 3. The maximum Gasteiger partial charge on any atom is 0.297 e. The molecular weight excluding hydrogens is 498 g/mol. The Balaban J connectivity index is 1.66. The lowest BCUT2D eigenvalue weighted by atomic mass is 9.98. The molecule has 0 fully saturated rings. The first-order valence-electron chi connectivity index (χ1n) is 12.0. The fraction of sp³-hybridized carbons (Fsp3) is 0.333. The van der Waals surface area contributed by atoms with Gasteiger partial charge in [0.25, 0.3) is 5.91 Å². The Hall–Kier alpha value is -3.23. The summed E-state index contributed by atoms with van der Waals surface area (Å²) in [6.07, 6.45) is 2.59. The molecular formula is C27H26ClN3O4S. The first-order chi connectivity index (χ1) is 17.4. The molecule has 0 saturated heterocycles. The number of fused-ring (bicyclic) bond motifs is 2. The average molecular weight is 524 g/mol. The van der Waals surface area contributed by atoms with Gasteiger partial charge < -0.3 is 9.15 Å². The Morgan fingerprint density at radius 2 is 2.00 bits per heavy atom. The van der Waals surface area contributed by atoms with Crippen LogP contribution < -0.4 is 15.1 Å². The number of hydrogen-bond donors (Lipinski definition) is 0. The van der Waals surface area contributed by atoms with E-state index < -0.39 is 11.9 Å². The minimum atomic E-state index is -0.733. The van der Waals surface area contributed by atoms with Crippen LogP contribution >= 0.6 is 22.9 Å². The summed E-state index contributed by atoms with van der Waals surface area (Å²) in [5.74, 6) is 0.779. The number of carbonyl (C=O) groups is 1. The van der Waals surface area contributed by atoms with E-state index in [1.807, 2.05) is 24.3 Å². The molecule has 0 N–H and O–H groups in total. The van der Waals surface area contributed by atoms with E-state index in [0.717, 1.165) is 29.8 Å². The smallest absolute Gasteiger partial charge is 0.297 e. The number of aryl methyl sites for hydroxylation is 1. The molecule has 9 heteroatoms. The molecule has 3 heterocycles. The van der Waals surface area contributed by atoms with E-state index in [2.05, 4.69) is 31.0 Å². The Bertz CT molecular complexity index is 1500. The van der Waals surface area contributed by atoms with Gasteiger partial charge in [0.1, 0.15) is 16.3 Å². The van der Waals surface area contributed by atoms with Crippen LogP contribution in [0.2, 0.25) is 5.02 Å². The van der Waals surface area contributed by atoms with Crippen molar-refractivity contribution >= 4 is 44.9 Å². The minimum Gasteiger partial charge on any atom is -0.494 e. The Morgan fingerprint density at radius 1 is 1.17 bits per heavy atom. The van der Waals surface area contributed by atoms with Crippen LogP contribution in [0.1, 0.15) is 66.3 Å². The van der Waals surface area contributed by atoms with E-state index in [1.54, 1.807) is 18.2 Å². The molecule has 0 saturated carbocycles. The standard InChI is InChI=1S/C27H26ClN3O4S/c1-4-6-21-29-30-27(36-21)31-23(16-7-5-8-18(13-16)34-12-11-15(2)3)22-24(32)19-14-17(28)9-10-20(19)35-25(22)26(31)33/h5,7-10,13-15,23H,4,6,11-12H2,1-3H3. The van der Waals surface area contributed by atoms with Gasteiger partial charge in [-0.1, -0.05) is 55.8 Å². The molecule has 1 atom stereocenters. The number of rotatable bonds is 8. The van der Waals surface area contributed by atoms with E-state index in [9.17, 15) is 9.59 Å². The van der Waals surface area contributed by atoms with Gasteiger partial charge in [0.2, 0.25) is 10.9 Å². The van der Waals surface area contributed by atoms with Crippen molar-refractivity contribution in [2.45, 2.75) is 46.1 Å². The van der Waals surface area contributed by atoms with Gasteiger partial charge in [-0.3, -0.25) is 14.5 Å². The number of ether oxygens (including phenoxy) is 1. The molecule has 2 aromatic heterocycles. The van der Waals surface area contributed by atoms with Crippen LogP contribution in [0.4, 0.5) is 5.13 Å². The monoisotopic (exact) mass is 523 g/mol. The van der Waals surface area contributed by atoms with Gasteiger partial charge in [-0.25, -0.2) is 0 Å². The van der Waals surface area contributed by atoms with Gasteiger partial charge in [-0.05, 0) is 54.7 Å². The first-order valence-corrected chi connectivity index (χ1v) is 13.2. The fourth-order valence-corrected chi connectivity index (χ4v) is 5.44. The van der Waals surface area contributed by atoms with Crippen LogP contribution in [0.5, 0.6) is 5.75 Å². The molecule has 1 aliphatic heterocycles. The van der Waals surface area contributed by atoms with Crippen molar-refractivity contribution in [1.82, 2.24) is 10.2 Å². The van der Waals surface area contributed by atoms with Gasteiger partial charge >= 0.3 is 0 Å². The molecule has 1 amide bonds. The molecule has 186 valence electrons. The van der Waals surface area contributed by atoms with E-state index >= 15 is 0 Å². The van der Waals surface area contributed by atoms with Crippen LogP contribution in [0.25, 0.3) is 11.0 Å². The first kappa shape index (κ1) is 24.5. The third-order valence-electron chi connectivity index (χ3n) is 6.10. The van der Waals surface area contributed by atoms with Crippen molar-refractivity contribution < 1.29 is 13.9 Å². The number of amides is 1. The molecule has 2 aromatic carbocycles. The Morgan fingerprint density at radius 3 is 2.78 bits per heavy atom. The molecule has 1 aliphatic rings. The number of aromatic nitrogens is 2. The highest BCUT2D eigenvalue weighted by Crippen LogP contribution is 2.43. The zero-order valence-electron chi connectivity index (χ0n) is 20.3. The van der Waals surface area contributed by atoms with Crippen LogP contribution in [-0.4, -0.2) is 22.7 Å². The quantitative estimate of drug-likeness (QED) is 0.265. The van der Waals surface area contributed by atoms with Crippen molar-refractivity contribution in [2.75, 3.05) is 11.5 Å². The molecule has 7 nitrogen and oxygen atoms in total. The third kappa shape index (κ3) is 4.51. The minimum absolute atomic E-state index is 0.0122. The number of halogens is 1. The highest BCUT2D eigenvalue weighted by atomic mass is 35.5. The van der Waals surface area contributed by atoms with Crippen LogP contribution in [0.15, 0.2) is 51.7 Å². The molecule has 0 aliphatic carbocycles. The summed E-state index contributed by atoms with van der Waals surface area (Å²) in [5, 5.41) is 10.6. The Kier molecular flexibility index (Phi) is 6.81. The van der Waals surface area contributed by atoms with Crippen molar-refractivity contribution in [1.29, 1.82) is 0 Å². The summed E-state index contributed by atoms with van der Waals surface area (Å²) in [5.41, 5.74) is 1.01. The van der Waals surface area contributed by atoms with Gasteiger partial charge in [0.05, 0.1) is 23.6 Å². The summed E-state index contributed by atoms with van der Waals surface area (Å²) >= 11 is 7.53. The number of carbonyl (C=O) groups excluding carboxylic acids is 1. The zero-order chi connectivity index (χ0) is 25.4. The van der Waals surface area contributed by atoms with E-state index in [4.69, 9.17) is 20.8 Å². The van der Waals surface area contributed by atoms with Gasteiger partial charge in [-0.15, -0.1) is 10.2 Å². The Labute approximate surface area is 217 Å². The van der Waals surface area contributed by atoms with Crippen LogP contribution in [0.3, 0.4) is 0 Å². The predicted molar refractivity (Wildman–Crippen MR) is 141 cm³/mol. The average Bonchev–Trinajstić information content (AvgIpc) is 3.42. The largest absolute Gasteiger partial charge is 0.494 e. The lowest BCUT2D eigenvalue weighted by Gasteiger charge is -2.22. The van der Waals surface area contributed by atoms with Crippen LogP contribution in [-0.2, 0) is 6.42 Å². The molecule has 0 radical (unpaired) electrons. The molecule has 0 bridgehead atoms. The highest BCUT2D eigenvalue weighted by Gasteiger charge is 2.45. The maximum absolute atomic E-state index is 13.8. The number of hydrogen-bond acceptors (Lipinski definition) is 7. The summed E-state index contributed by atoms with van der Waals surface area (Å²) < 4.78 is 12.0. The summed E-state index contributed by atoms with van der Waals surface area (Å²) in [6.45, 7) is 6.92. The fourth-order valence-electron chi connectivity index (χ4n) is 4.30. The second-order valence-electron chi connectivity index (χ2n) is 9.22. The van der Waals surface area contributed by atoms with Crippen molar-refractivity contribution in [3.8, 4) is 5.75 Å². The van der Waals surface area contributed by atoms with Gasteiger partial charge in [0, 0.05) is 11.4 Å². The second-order valence-corrected chi connectivity index (χ2v) is 10.7. The lowest BCUT2D eigenvalue weighted by Crippen LogP contribution is -2.29. The second kappa shape index (κ2) is 10.0. The molecule has 0 spiro atoms. The molecule has 36 heavy (non-hydrogen) atoms. The summed E-state index contributed by atoms with van der Waals surface area (Å²) in [7, 11) is 0. The summed E-state index contributed by atoms with van der Waals surface area (Å²) in [6, 6.07) is 11.6. The van der Waals surface area contributed by atoms with Crippen LogP contribution in [0, 0.1) is 5.92 Å². The molecule has 4 aromatic rings. The number of benzene rings is 2. The molecule has 1 unspecified atom stereocenters. The van der Waals surface area contributed by atoms with E-state index in [0.29, 0.717) is 39.4 Å². The number of anilines is 1. The van der Waals surface area contributed by atoms with E-state index in [1.165, 1.54) is 16.2 Å². The zero-order valence-corrected chi connectivity index (χ0v) is 21.9. The highest BCUT2D eigenvalue weighted by molar-refractivity contribution is 7.15. The SMILES string of the molecule is CCCc1nnc(N2C(=O)c3oc4ccc(Cl)cc4c(=O)c3C2c2cccc(OCCC(C)C)c2)s1. The third-order valence-corrected chi connectivity index (χ3v) is 7.31. The normalized spacial score (nSPS) is 15.2. The lowest BCUT2D eigenvalue weighted by molar-refractivity contribution is 0.0970. The predicted octanol–water partition coefficient (Wildman–Crippen LogP) is 6.43. The topological polar surface area (TPSA) is 85.5 Å². The van der Waals surface area contributed by atoms with Gasteiger partial charge in [0.15, 0.2) is 5.43 Å². The van der Waals surface area contributed by atoms with Crippen molar-refractivity contribution in [3.63, 3.8) is 0 Å². The maximum atomic E-state index is 13.8. The van der Waals surface area contributed by atoms with Crippen molar-refractivity contribution in [3.05, 3.63) is 79.6 Å². The summed E-state index contributed by atoms with van der Waals surface area (Å²) in [4.78, 5) is 29.0. The van der Waals surface area contributed by atoms with Gasteiger partial charge in [-0.2, -0.15) is 0 Å². The van der Waals surface area contributed by atoms with Crippen molar-refractivity contribution in [2.24, 2.45) is 5.92 Å². The molecule has 5 rings (SSSR count). The van der Waals surface area contributed by atoms with E-state index in [-0.39, 0.29) is 16.8 Å².